The lowest BCUT2D eigenvalue weighted by molar-refractivity contribution is 0.594. The molecule has 0 bridgehead atoms. The maximum atomic E-state index is 12.4. The van der Waals surface area contributed by atoms with Gasteiger partial charge in [0, 0.05) is 23.2 Å². The summed E-state index contributed by atoms with van der Waals surface area (Å²) in [6.07, 6.45) is 5.83. The van der Waals surface area contributed by atoms with Gasteiger partial charge in [-0.2, -0.15) is 0 Å². The highest BCUT2D eigenvalue weighted by Gasteiger charge is 2.23. The molecule has 2 aromatic heterocycles. The van der Waals surface area contributed by atoms with Crippen LogP contribution in [0.4, 0.5) is 0 Å². The summed E-state index contributed by atoms with van der Waals surface area (Å²) < 4.78 is 24.9. The summed E-state index contributed by atoms with van der Waals surface area (Å²) in [5, 5.41) is 0.972. The Morgan fingerprint density at radius 2 is 2.04 bits per heavy atom. The molecule has 7 heteroatoms. The van der Waals surface area contributed by atoms with E-state index in [-0.39, 0.29) is 11.5 Å². The van der Waals surface area contributed by atoms with Crippen LogP contribution in [-0.4, -0.2) is 23.4 Å². The first-order valence-corrected chi connectivity index (χ1v) is 10.5. The van der Waals surface area contributed by atoms with Crippen molar-refractivity contribution >= 4 is 21.2 Å². The summed E-state index contributed by atoms with van der Waals surface area (Å²) in [6.45, 7) is 3.91. The quantitative estimate of drug-likeness (QED) is 0.767. The van der Waals surface area contributed by atoms with Gasteiger partial charge >= 0.3 is 0 Å². The number of hydrogen-bond acceptors (Lipinski definition) is 6. The highest BCUT2D eigenvalue weighted by atomic mass is 32.2. The van der Waals surface area contributed by atoms with Gasteiger partial charge in [-0.25, -0.2) is 23.4 Å². The third-order valence-corrected chi connectivity index (χ3v) is 6.57. The zero-order valence-corrected chi connectivity index (χ0v) is 15.1. The van der Waals surface area contributed by atoms with Crippen molar-refractivity contribution < 1.29 is 8.42 Å². The van der Waals surface area contributed by atoms with Crippen LogP contribution < -0.4 is 0 Å². The number of aromatic nitrogens is 3. The molecule has 0 N–H and O–H groups in total. The van der Waals surface area contributed by atoms with Gasteiger partial charge in [-0.15, -0.1) is 11.3 Å². The predicted molar refractivity (Wildman–Crippen MR) is 91.0 cm³/mol. The second-order valence-corrected chi connectivity index (χ2v) is 9.43. The van der Waals surface area contributed by atoms with Crippen molar-refractivity contribution in [3.63, 3.8) is 0 Å². The number of nitrogens with zero attached hydrogens (tertiary/aromatic N) is 3. The molecule has 2 heterocycles. The molecule has 0 unspecified atom stereocenters. The average molecular weight is 351 g/mol. The van der Waals surface area contributed by atoms with E-state index in [9.17, 15) is 8.42 Å². The molecule has 0 atom stereocenters. The van der Waals surface area contributed by atoms with Crippen molar-refractivity contribution in [3.8, 4) is 0 Å². The summed E-state index contributed by atoms with van der Waals surface area (Å²) in [7, 11) is -3.25. The normalized spacial score (nSPS) is 15.0. The molecule has 23 heavy (non-hydrogen) atoms. The van der Waals surface area contributed by atoms with Crippen LogP contribution in [0.1, 0.15) is 46.9 Å². The first-order valence-electron chi connectivity index (χ1n) is 7.91. The van der Waals surface area contributed by atoms with E-state index in [2.05, 4.69) is 15.0 Å². The monoisotopic (exact) mass is 351 g/mol. The molecule has 0 radical (unpaired) electrons. The minimum atomic E-state index is -3.25. The molecule has 5 nitrogen and oxygen atoms in total. The molecule has 0 aromatic carbocycles. The number of aryl methyl sites for hydroxylation is 2. The third-order valence-electron chi connectivity index (χ3n) is 3.76. The molecule has 1 saturated carbocycles. The fourth-order valence-electron chi connectivity index (χ4n) is 2.52. The standard InChI is InChI=1S/C16H21N3O2S2/c1-3-16-17-8-14(22-16)10-23(20,21)9-13-6-11(2)18-15(19-13)7-12-4-5-12/h6,8,12H,3-5,7,9-10H2,1-2H3. The van der Waals surface area contributed by atoms with E-state index in [4.69, 9.17) is 0 Å². The fraction of sp³-hybridized carbons (Fsp3) is 0.562. The Kier molecular flexibility index (Phi) is 4.77. The summed E-state index contributed by atoms with van der Waals surface area (Å²) in [6, 6.07) is 1.78. The largest absolute Gasteiger partial charge is 0.249 e. The highest BCUT2D eigenvalue weighted by Crippen LogP contribution is 2.31. The summed E-state index contributed by atoms with van der Waals surface area (Å²) in [5.41, 5.74) is 1.44. The molecule has 0 aliphatic heterocycles. The SMILES string of the molecule is CCc1ncc(CS(=O)(=O)Cc2cc(C)nc(CC3CC3)n2)s1. The van der Waals surface area contributed by atoms with Crippen molar-refractivity contribution in [1.29, 1.82) is 0 Å². The van der Waals surface area contributed by atoms with Gasteiger partial charge in [-0.05, 0) is 38.2 Å². The van der Waals surface area contributed by atoms with Gasteiger partial charge in [0.15, 0.2) is 9.84 Å². The topological polar surface area (TPSA) is 72.8 Å². The second kappa shape index (κ2) is 6.65. The molecule has 2 aromatic rings. The number of sulfone groups is 1. The number of hydrogen-bond donors (Lipinski definition) is 0. The third kappa shape index (κ3) is 4.81. The Balaban J connectivity index is 1.72. The van der Waals surface area contributed by atoms with Crippen molar-refractivity contribution in [3.05, 3.63) is 39.4 Å². The molecule has 0 amide bonds. The van der Waals surface area contributed by atoms with Gasteiger partial charge in [0.05, 0.1) is 22.2 Å². The van der Waals surface area contributed by atoms with Gasteiger partial charge < -0.3 is 0 Å². The Bertz CT molecular complexity index is 795. The number of rotatable bonds is 7. The van der Waals surface area contributed by atoms with E-state index in [0.29, 0.717) is 11.6 Å². The van der Waals surface area contributed by atoms with Crippen LogP contribution in [0.25, 0.3) is 0 Å². The Morgan fingerprint density at radius 3 is 2.70 bits per heavy atom. The minimum Gasteiger partial charge on any atom is -0.249 e. The highest BCUT2D eigenvalue weighted by molar-refractivity contribution is 7.89. The van der Waals surface area contributed by atoms with Crippen molar-refractivity contribution in [2.75, 3.05) is 0 Å². The van der Waals surface area contributed by atoms with Gasteiger partial charge in [0.2, 0.25) is 0 Å². The van der Waals surface area contributed by atoms with Crippen LogP contribution in [0.3, 0.4) is 0 Å². The van der Waals surface area contributed by atoms with Crippen LogP contribution in [0.2, 0.25) is 0 Å². The second-order valence-electron chi connectivity index (χ2n) is 6.17. The first-order chi connectivity index (χ1) is 10.9. The van der Waals surface area contributed by atoms with Crippen LogP contribution >= 0.6 is 11.3 Å². The molecule has 1 aliphatic rings. The lowest BCUT2D eigenvalue weighted by Gasteiger charge is -2.06. The molecular formula is C16H21N3O2S2. The van der Waals surface area contributed by atoms with Crippen LogP contribution in [0, 0.1) is 12.8 Å². The van der Waals surface area contributed by atoms with Crippen LogP contribution in [-0.2, 0) is 34.2 Å². The van der Waals surface area contributed by atoms with Gasteiger partial charge in [0.1, 0.15) is 5.82 Å². The van der Waals surface area contributed by atoms with E-state index >= 15 is 0 Å². The zero-order valence-electron chi connectivity index (χ0n) is 13.4. The predicted octanol–water partition coefficient (Wildman–Crippen LogP) is 2.87. The Labute approximate surface area is 141 Å². The molecule has 0 saturated heterocycles. The number of thiazole rings is 1. The van der Waals surface area contributed by atoms with Gasteiger partial charge in [-0.1, -0.05) is 6.92 Å². The minimum absolute atomic E-state index is 0.0334. The molecule has 124 valence electrons. The maximum absolute atomic E-state index is 12.4. The fourth-order valence-corrected chi connectivity index (χ4v) is 5.16. The molecule has 0 spiro atoms. The Morgan fingerprint density at radius 1 is 1.26 bits per heavy atom. The van der Waals surface area contributed by atoms with Crippen molar-refractivity contribution in [1.82, 2.24) is 15.0 Å². The molecule has 3 rings (SSSR count). The van der Waals surface area contributed by atoms with E-state index in [1.54, 1.807) is 12.3 Å². The van der Waals surface area contributed by atoms with Gasteiger partial charge in [-0.3, -0.25) is 0 Å². The summed E-state index contributed by atoms with van der Waals surface area (Å²) >= 11 is 1.47. The summed E-state index contributed by atoms with van der Waals surface area (Å²) in [5.74, 6) is 1.47. The van der Waals surface area contributed by atoms with Crippen LogP contribution in [0.15, 0.2) is 12.3 Å². The van der Waals surface area contributed by atoms with E-state index in [1.807, 2.05) is 13.8 Å². The molecule has 1 fully saturated rings. The van der Waals surface area contributed by atoms with E-state index in [0.717, 1.165) is 34.2 Å². The summed E-state index contributed by atoms with van der Waals surface area (Å²) in [4.78, 5) is 13.9. The first kappa shape index (κ1) is 16.5. The van der Waals surface area contributed by atoms with Crippen LogP contribution in [0.5, 0.6) is 0 Å². The van der Waals surface area contributed by atoms with Gasteiger partial charge in [0.25, 0.3) is 0 Å². The molecule has 1 aliphatic carbocycles. The Hall–Kier alpha value is -1.34. The van der Waals surface area contributed by atoms with Crippen molar-refractivity contribution in [2.24, 2.45) is 5.92 Å². The lowest BCUT2D eigenvalue weighted by Crippen LogP contribution is -2.10. The zero-order chi connectivity index (χ0) is 16.4. The van der Waals surface area contributed by atoms with E-state index < -0.39 is 9.84 Å². The smallest absolute Gasteiger partial charge is 0.161 e. The van der Waals surface area contributed by atoms with E-state index in [1.165, 1.54) is 24.2 Å². The average Bonchev–Trinajstić information content (AvgIpc) is 3.14. The van der Waals surface area contributed by atoms with Crippen molar-refractivity contribution in [2.45, 2.75) is 51.0 Å². The molecular weight excluding hydrogens is 330 g/mol. The lowest BCUT2D eigenvalue weighted by atomic mass is 10.2. The maximum Gasteiger partial charge on any atom is 0.161 e.